The fourth-order valence-electron chi connectivity index (χ4n) is 3.27. The molecule has 1 fully saturated rings. The zero-order chi connectivity index (χ0) is 19.3. The summed E-state index contributed by atoms with van der Waals surface area (Å²) in [6.45, 7) is 1.97. The van der Waals surface area contributed by atoms with Crippen LogP contribution in [-0.4, -0.2) is 42.1 Å². The molecular formula is C22H23N3O3. The summed E-state index contributed by atoms with van der Waals surface area (Å²) in [4.78, 5) is 12.5. The smallest absolute Gasteiger partial charge is 0.251 e. The first kappa shape index (κ1) is 18.3. The number of hydrogen-bond donors (Lipinski definition) is 1. The van der Waals surface area contributed by atoms with Crippen LogP contribution in [0.1, 0.15) is 22.3 Å². The fraction of sp³-hybridized carbons (Fsp3) is 0.273. The van der Waals surface area contributed by atoms with Gasteiger partial charge in [0.05, 0.1) is 32.5 Å². The summed E-state index contributed by atoms with van der Waals surface area (Å²) in [5.74, 6) is 0.770. The predicted octanol–water partition coefficient (Wildman–Crippen LogP) is 3.13. The number of methoxy groups -OCH3 is 1. The highest BCUT2D eigenvalue weighted by atomic mass is 16.5. The third-order valence-corrected chi connectivity index (χ3v) is 4.86. The molecule has 1 aromatic heterocycles. The van der Waals surface area contributed by atoms with E-state index in [1.807, 2.05) is 65.6 Å². The molecule has 0 spiro atoms. The van der Waals surface area contributed by atoms with Gasteiger partial charge in [0.25, 0.3) is 5.91 Å². The summed E-state index contributed by atoms with van der Waals surface area (Å²) in [5.41, 5.74) is 3.73. The summed E-state index contributed by atoms with van der Waals surface area (Å²) in [5, 5.41) is 7.48. The highest BCUT2D eigenvalue weighted by molar-refractivity contribution is 5.95. The quantitative estimate of drug-likeness (QED) is 0.717. The van der Waals surface area contributed by atoms with Gasteiger partial charge in [-0.25, -0.2) is 0 Å². The van der Waals surface area contributed by atoms with Crippen molar-refractivity contribution in [2.45, 2.75) is 19.0 Å². The van der Waals surface area contributed by atoms with Crippen molar-refractivity contribution in [2.75, 3.05) is 20.3 Å². The van der Waals surface area contributed by atoms with E-state index in [9.17, 15) is 4.79 Å². The largest absolute Gasteiger partial charge is 0.497 e. The van der Waals surface area contributed by atoms with Crippen molar-refractivity contribution in [2.24, 2.45) is 0 Å². The van der Waals surface area contributed by atoms with E-state index in [-0.39, 0.29) is 11.9 Å². The SMILES string of the molecule is COc1ccc(Cn2cc(-c3cccc(C(=O)N[C@H]4CCOC4)c3)cn2)cc1. The average molecular weight is 377 g/mol. The molecule has 1 atom stereocenters. The second-order valence-electron chi connectivity index (χ2n) is 6.89. The van der Waals surface area contributed by atoms with Crippen LogP contribution in [0.2, 0.25) is 0 Å². The summed E-state index contributed by atoms with van der Waals surface area (Å²) < 4.78 is 12.4. The summed E-state index contributed by atoms with van der Waals surface area (Å²) in [6, 6.07) is 15.7. The van der Waals surface area contributed by atoms with Gasteiger partial charge in [-0.2, -0.15) is 5.10 Å². The number of carbonyl (C=O) groups excluding carboxylic acids is 1. The van der Waals surface area contributed by atoms with Gasteiger partial charge in [0.2, 0.25) is 0 Å². The molecule has 2 heterocycles. The molecule has 6 heteroatoms. The molecule has 144 valence electrons. The van der Waals surface area contributed by atoms with Crippen LogP contribution < -0.4 is 10.1 Å². The first-order valence-corrected chi connectivity index (χ1v) is 9.36. The molecule has 28 heavy (non-hydrogen) atoms. The highest BCUT2D eigenvalue weighted by Gasteiger charge is 2.18. The molecule has 1 saturated heterocycles. The molecule has 0 unspecified atom stereocenters. The molecule has 6 nitrogen and oxygen atoms in total. The molecule has 0 aliphatic carbocycles. The van der Waals surface area contributed by atoms with Crippen molar-refractivity contribution in [1.29, 1.82) is 0 Å². The number of rotatable bonds is 6. The Morgan fingerprint density at radius 2 is 2.11 bits per heavy atom. The van der Waals surface area contributed by atoms with Crippen LogP contribution >= 0.6 is 0 Å². The van der Waals surface area contributed by atoms with Crippen LogP contribution in [0, 0.1) is 0 Å². The topological polar surface area (TPSA) is 65.4 Å². The molecule has 0 radical (unpaired) electrons. The molecular weight excluding hydrogens is 354 g/mol. The van der Waals surface area contributed by atoms with Crippen molar-refractivity contribution >= 4 is 5.91 Å². The van der Waals surface area contributed by atoms with Gasteiger partial charge in [0.15, 0.2) is 0 Å². The van der Waals surface area contributed by atoms with E-state index in [0.717, 1.165) is 28.9 Å². The fourth-order valence-corrected chi connectivity index (χ4v) is 3.27. The Labute approximate surface area is 164 Å². The molecule has 0 saturated carbocycles. The van der Waals surface area contributed by atoms with Crippen molar-refractivity contribution in [3.05, 3.63) is 72.1 Å². The Morgan fingerprint density at radius 1 is 1.25 bits per heavy atom. The van der Waals surface area contributed by atoms with E-state index >= 15 is 0 Å². The van der Waals surface area contributed by atoms with Crippen molar-refractivity contribution in [3.8, 4) is 16.9 Å². The van der Waals surface area contributed by atoms with Crippen LogP contribution in [-0.2, 0) is 11.3 Å². The Morgan fingerprint density at radius 3 is 2.86 bits per heavy atom. The zero-order valence-corrected chi connectivity index (χ0v) is 15.8. The molecule has 2 aromatic carbocycles. The molecule has 4 rings (SSSR count). The van der Waals surface area contributed by atoms with Gasteiger partial charge >= 0.3 is 0 Å². The molecule has 0 bridgehead atoms. The lowest BCUT2D eigenvalue weighted by molar-refractivity contribution is 0.0930. The first-order chi connectivity index (χ1) is 13.7. The maximum atomic E-state index is 12.5. The Balaban J connectivity index is 1.46. The predicted molar refractivity (Wildman–Crippen MR) is 106 cm³/mol. The van der Waals surface area contributed by atoms with Gasteiger partial charge in [-0.05, 0) is 41.8 Å². The normalized spacial score (nSPS) is 16.1. The monoisotopic (exact) mass is 377 g/mol. The van der Waals surface area contributed by atoms with E-state index in [1.165, 1.54) is 0 Å². The number of carbonyl (C=O) groups is 1. The Kier molecular flexibility index (Phi) is 5.39. The highest BCUT2D eigenvalue weighted by Crippen LogP contribution is 2.21. The summed E-state index contributed by atoms with van der Waals surface area (Å²) >= 11 is 0. The third-order valence-electron chi connectivity index (χ3n) is 4.86. The number of nitrogens with one attached hydrogen (secondary N) is 1. The number of ether oxygens (including phenoxy) is 2. The molecule has 1 N–H and O–H groups in total. The van der Waals surface area contributed by atoms with Gasteiger partial charge in [0.1, 0.15) is 5.75 Å². The zero-order valence-electron chi connectivity index (χ0n) is 15.8. The third kappa shape index (κ3) is 4.23. The van der Waals surface area contributed by atoms with Crippen molar-refractivity contribution in [3.63, 3.8) is 0 Å². The van der Waals surface area contributed by atoms with E-state index in [1.54, 1.807) is 7.11 Å². The van der Waals surface area contributed by atoms with Gasteiger partial charge in [0, 0.05) is 23.9 Å². The molecule has 3 aromatic rings. The minimum atomic E-state index is -0.0667. The second kappa shape index (κ2) is 8.27. The molecule has 1 amide bonds. The number of hydrogen-bond acceptors (Lipinski definition) is 4. The van der Waals surface area contributed by atoms with E-state index in [2.05, 4.69) is 10.4 Å². The average Bonchev–Trinajstić information content (AvgIpc) is 3.41. The van der Waals surface area contributed by atoms with Crippen LogP contribution in [0.4, 0.5) is 0 Å². The van der Waals surface area contributed by atoms with Crippen LogP contribution in [0.15, 0.2) is 60.9 Å². The minimum absolute atomic E-state index is 0.0667. The van der Waals surface area contributed by atoms with E-state index < -0.39 is 0 Å². The van der Waals surface area contributed by atoms with Crippen molar-refractivity contribution < 1.29 is 14.3 Å². The van der Waals surface area contributed by atoms with E-state index in [4.69, 9.17) is 9.47 Å². The standard InChI is InChI=1S/C22H23N3O3/c1-27-21-7-5-16(6-8-21)13-25-14-19(12-23-25)17-3-2-4-18(11-17)22(26)24-20-9-10-28-15-20/h2-8,11-12,14,20H,9-10,13,15H2,1H3,(H,24,26)/t20-/m0/s1. The van der Waals surface area contributed by atoms with Gasteiger partial charge in [-0.15, -0.1) is 0 Å². The Bertz CT molecular complexity index is 944. The van der Waals surface area contributed by atoms with Gasteiger partial charge in [-0.1, -0.05) is 24.3 Å². The lowest BCUT2D eigenvalue weighted by Crippen LogP contribution is -2.34. The second-order valence-corrected chi connectivity index (χ2v) is 6.89. The lowest BCUT2D eigenvalue weighted by Gasteiger charge is -2.11. The Hall–Kier alpha value is -3.12. The van der Waals surface area contributed by atoms with Gasteiger partial charge < -0.3 is 14.8 Å². The first-order valence-electron chi connectivity index (χ1n) is 9.36. The lowest BCUT2D eigenvalue weighted by atomic mass is 10.1. The number of aromatic nitrogens is 2. The number of amides is 1. The number of benzene rings is 2. The molecule has 1 aliphatic rings. The van der Waals surface area contributed by atoms with Crippen LogP contribution in [0.5, 0.6) is 5.75 Å². The number of nitrogens with zero attached hydrogens (tertiary/aromatic N) is 2. The van der Waals surface area contributed by atoms with Crippen molar-refractivity contribution in [1.82, 2.24) is 15.1 Å². The minimum Gasteiger partial charge on any atom is -0.497 e. The molecule has 1 aliphatic heterocycles. The maximum Gasteiger partial charge on any atom is 0.251 e. The maximum absolute atomic E-state index is 12.5. The van der Waals surface area contributed by atoms with Gasteiger partial charge in [-0.3, -0.25) is 9.48 Å². The van der Waals surface area contributed by atoms with E-state index in [0.29, 0.717) is 25.3 Å². The van der Waals surface area contributed by atoms with Crippen LogP contribution in [0.3, 0.4) is 0 Å². The summed E-state index contributed by atoms with van der Waals surface area (Å²) in [7, 11) is 1.66. The van der Waals surface area contributed by atoms with Crippen LogP contribution in [0.25, 0.3) is 11.1 Å². The summed E-state index contributed by atoms with van der Waals surface area (Å²) in [6.07, 6.45) is 4.68.